The zero-order valence-corrected chi connectivity index (χ0v) is 16.4. The van der Waals surface area contributed by atoms with Crippen molar-refractivity contribution in [1.29, 1.82) is 0 Å². The lowest BCUT2D eigenvalue weighted by Gasteiger charge is -2.33. The Morgan fingerprint density at radius 3 is 2.93 bits per heavy atom. The molecule has 2 heterocycles. The van der Waals surface area contributed by atoms with Crippen LogP contribution in [-0.2, 0) is 17.8 Å². The minimum atomic E-state index is -0.666. The van der Waals surface area contributed by atoms with Crippen molar-refractivity contribution in [2.75, 3.05) is 6.54 Å². The van der Waals surface area contributed by atoms with Gasteiger partial charge in [0, 0.05) is 23.5 Å². The minimum absolute atomic E-state index is 0.0770. The van der Waals surface area contributed by atoms with Crippen LogP contribution in [0.1, 0.15) is 27.6 Å². The number of amides is 1. The monoisotopic (exact) mass is 409 g/mol. The molecular weight excluding hydrogens is 389 g/mol. The number of hydrogen-bond donors (Lipinski definition) is 2. The van der Waals surface area contributed by atoms with Crippen LogP contribution in [-0.4, -0.2) is 28.7 Å². The molecule has 2 N–H and O–H groups in total. The van der Waals surface area contributed by atoms with Crippen molar-refractivity contribution < 1.29 is 14.3 Å². The lowest BCUT2D eigenvalue weighted by molar-refractivity contribution is -0.127. The molecule has 0 saturated carbocycles. The van der Waals surface area contributed by atoms with Crippen LogP contribution in [0.5, 0.6) is 5.75 Å². The van der Waals surface area contributed by atoms with Crippen LogP contribution in [0.15, 0.2) is 65.1 Å². The Hall–Kier alpha value is -3.03. The first-order chi connectivity index (χ1) is 14.1. The van der Waals surface area contributed by atoms with E-state index in [-0.39, 0.29) is 17.5 Å². The van der Waals surface area contributed by atoms with Crippen LogP contribution < -0.4 is 5.43 Å². The number of phenols is 1. The maximum atomic E-state index is 13.9. The number of rotatable bonds is 5. The van der Waals surface area contributed by atoms with Crippen molar-refractivity contribution in [3.8, 4) is 5.75 Å². The average Bonchev–Trinajstić information content (AvgIpc) is 3.18. The molecule has 0 fully saturated rings. The predicted molar refractivity (Wildman–Crippen MR) is 111 cm³/mol. The van der Waals surface area contributed by atoms with E-state index in [4.69, 9.17) is 0 Å². The fourth-order valence-electron chi connectivity index (χ4n) is 3.52. The van der Waals surface area contributed by atoms with E-state index in [1.807, 2.05) is 4.90 Å². The van der Waals surface area contributed by atoms with E-state index in [2.05, 4.69) is 22.0 Å². The van der Waals surface area contributed by atoms with E-state index < -0.39 is 6.04 Å². The molecule has 4 rings (SSSR count). The predicted octanol–water partition coefficient (Wildman–Crippen LogP) is 3.84. The number of nitrogens with one attached hydrogen (secondary N) is 1. The first-order valence-electron chi connectivity index (χ1n) is 9.27. The quantitative estimate of drug-likeness (QED) is 0.497. The highest BCUT2D eigenvalue weighted by atomic mass is 32.1. The Kier molecular flexibility index (Phi) is 5.69. The Balaban J connectivity index is 1.57. The second kappa shape index (κ2) is 8.55. The summed E-state index contributed by atoms with van der Waals surface area (Å²) in [5.74, 6) is -0.652. The van der Waals surface area contributed by atoms with Crippen molar-refractivity contribution >= 4 is 23.5 Å². The molecule has 3 aromatic rings. The van der Waals surface area contributed by atoms with Crippen LogP contribution in [0.2, 0.25) is 0 Å². The number of benzene rings is 2. The molecule has 0 radical (unpaired) electrons. The van der Waals surface area contributed by atoms with Gasteiger partial charge < -0.3 is 5.11 Å². The van der Waals surface area contributed by atoms with Gasteiger partial charge >= 0.3 is 0 Å². The summed E-state index contributed by atoms with van der Waals surface area (Å²) >= 11 is 1.72. The number of halogens is 1. The van der Waals surface area contributed by atoms with Crippen LogP contribution in [0, 0.1) is 5.82 Å². The summed E-state index contributed by atoms with van der Waals surface area (Å²) in [5, 5.41) is 15.9. The molecule has 148 valence electrons. The number of carbonyl (C=O) groups excluding carboxylic acids is 1. The van der Waals surface area contributed by atoms with Gasteiger partial charge in [0.1, 0.15) is 17.6 Å². The van der Waals surface area contributed by atoms with Crippen molar-refractivity contribution in [1.82, 2.24) is 10.3 Å². The maximum absolute atomic E-state index is 13.9. The van der Waals surface area contributed by atoms with Crippen molar-refractivity contribution in [2.45, 2.75) is 19.0 Å². The zero-order valence-electron chi connectivity index (χ0n) is 15.6. The number of nitrogens with zero attached hydrogens (tertiary/aromatic N) is 2. The molecule has 2 aromatic carbocycles. The number of carbonyl (C=O) groups is 1. The van der Waals surface area contributed by atoms with Crippen molar-refractivity contribution in [3.05, 3.63) is 87.4 Å². The summed E-state index contributed by atoms with van der Waals surface area (Å²) in [6.45, 7) is 1.32. The highest BCUT2D eigenvalue weighted by molar-refractivity contribution is 7.10. The van der Waals surface area contributed by atoms with Gasteiger partial charge in [0.05, 0.1) is 6.21 Å². The number of hydrazone groups is 1. The molecule has 1 aliphatic rings. The van der Waals surface area contributed by atoms with Crippen LogP contribution in [0.25, 0.3) is 0 Å². The van der Waals surface area contributed by atoms with Gasteiger partial charge in [-0.25, -0.2) is 9.82 Å². The molecular formula is C22H20FN3O2S. The molecule has 29 heavy (non-hydrogen) atoms. The number of phenolic OH excluding ortho intramolecular Hbond substituents is 1. The fraction of sp³-hybridized carbons (Fsp3) is 0.182. The van der Waals surface area contributed by atoms with Crippen LogP contribution >= 0.6 is 11.3 Å². The number of fused-ring (bicyclic) bond motifs is 1. The minimum Gasteiger partial charge on any atom is -0.507 e. The standard InChI is InChI=1S/C22H20FN3O2S/c23-18-6-3-5-15(12-18)21(26-10-8-20-17(14-26)9-11-29-20)22(28)25-24-13-16-4-1-2-7-19(16)27/h1-7,9,11-13,21,27H,8,10,14H2,(H,25,28)/b24-13-. The largest absolute Gasteiger partial charge is 0.507 e. The summed E-state index contributed by atoms with van der Waals surface area (Å²) in [7, 11) is 0. The molecule has 1 aromatic heterocycles. The lowest BCUT2D eigenvalue weighted by Crippen LogP contribution is -2.41. The van der Waals surface area contributed by atoms with E-state index in [1.165, 1.54) is 28.8 Å². The van der Waals surface area contributed by atoms with Gasteiger partial charge in [0.2, 0.25) is 0 Å². The summed E-state index contributed by atoms with van der Waals surface area (Å²) < 4.78 is 13.9. The second-order valence-corrected chi connectivity index (χ2v) is 7.84. The first kappa shape index (κ1) is 19.3. The average molecular weight is 409 g/mol. The summed E-state index contributed by atoms with van der Waals surface area (Å²) in [6, 6.07) is 14.2. The molecule has 1 aliphatic heterocycles. The fourth-order valence-corrected chi connectivity index (χ4v) is 4.41. The van der Waals surface area contributed by atoms with Gasteiger partial charge in [-0.2, -0.15) is 5.10 Å². The van der Waals surface area contributed by atoms with E-state index in [1.54, 1.807) is 47.7 Å². The van der Waals surface area contributed by atoms with Crippen LogP contribution in [0.3, 0.4) is 0 Å². The third kappa shape index (κ3) is 4.36. The topological polar surface area (TPSA) is 64.9 Å². The van der Waals surface area contributed by atoms with Gasteiger partial charge in [-0.3, -0.25) is 9.69 Å². The second-order valence-electron chi connectivity index (χ2n) is 6.84. The number of hydrogen-bond acceptors (Lipinski definition) is 5. The third-order valence-electron chi connectivity index (χ3n) is 4.93. The maximum Gasteiger partial charge on any atom is 0.262 e. The Morgan fingerprint density at radius 2 is 2.10 bits per heavy atom. The van der Waals surface area contributed by atoms with Crippen LogP contribution in [0.4, 0.5) is 4.39 Å². The summed E-state index contributed by atoms with van der Waals surface area (Å²) in [4.78, 5) is 16.4. The molecule has 7 heteroatoms. The van der Waals surface area contributed by atoms with Gasteiger partial charge in [-0.05, 0) is 53.3 Å². The molecule has 0 bridgehead atoms. The van der Waals surface area contributed by atoms with Gasteiger partial charge in [-0.1, -0.05) is 24.3 Å². The van der Waals surface area contributed by atoms with E-state index in [0.717, 1.165) is 6.42 Å². The molecule has 5 nitrogen and oxygen atoms in total. The highest BCUT2D eigenvalue weighted by Crippen LogP contribution is 2.31. The molecule has 1 unspecified atom stereocenters. The molecule has 1 amide bonds. The number of para-hydroxylation sites is 1. The molecule has 0 saturated heterocycles. The first-order valence-corrected chi connectivity index (χ1v) is 10.2. The Bertz CT molecular complexity index is 1050. The lowest BCUT2D eigenvalue weighted by atomic mass is 10.0. The molecule has 0 spiro atoms. The van der Waals surface area contributed by atoms with E-state index >= 15 is 0 Å². The Labute approximate surface area is 172 Å². The number of thiophene rings is 1. The smallest absolute Gasteiger partial charge is 0.262 e. The van der Waals surface area contributed by atoms with Crippen molar-refractivity contribution in [3.63, 3.8) is 0 Å². The van der Waals surface area contributed by atoms with Gasteiger partial charge in [0.15, 0.2) is 0 Å². The summed E-state index contributed by atoms with van der Waals surface area (Å²) in [5.41, 5.74) is 4.83. The SMILES string of the molecule is O=C(N/N=C\c1ccccc1O)C(c1cccc(F)c1)N1CCc2sccc2C1. The van der Waals surface area contributed by atoms with Crippen molar-refractivity contribution in [2.24, 2.45) is 5.10 Å². The zero-order chi connectivity index (χ0) is 20.2. The normalized spacial score (nSPS) is 15.2. The number of aromatic hydroxyl groups is 1. The van der Waals surface area contributed by atoms with Gasteiger partial charge in [0.25, 0.3) is 5.91 Å². The molecule has 0 aliphatic carbocycles. The third-order valence-corrected chi connectivity index (χ3v) is 5.95. The molecule has 1 atom stereocenters. The van der Waals surface area contributed by atoms with Gasteiger partial charge in [-0.15, -0.1) is 11.3 Å². The highest BCUT2D eigenvalue weighted by Gasteiger charge is 2.31. The van der Waals surface area contributed by atoms with E-state index in [9.17, 15) is 14.3 Å². The Morgan fingerprint density at radius 1 is 1.24 bits per heavy atom. The van der Waals surface area contributed by atoms with E-state index in [0.29, 0.717) is 24.2 Å². The summed E-state index contributed by atoms with van der Waals surface area (Å²) in [6.07, 6.45) is 2.25.